The van der Waals surface area contributed by atoms with Crippen LogP contribution >= 0.6 is 7.37 Å². The van der Waals surface area contributed by atoms with Crippen molar-refractivity contribution in [2.24, 2.45) is 11.7 Å². The summed E-state index contributed by atoms with van der Waals surface area (Å²) in [7, 11) is -8.94. The third-order valence-electron chi connectivity index (χ3n) is 7.80. The quantitative estimate of drug-likeness (QED) is 0.139. The molecule has 4 atom stereocenters. The lowest BCUT2D eigenvalue weighted by molar-refractivity contribution is -0.131. The minimum Gasteiger partial charge on any atom is -0.368 e. The Hall–Kier alpha value is -3.90. The molecule has 0 saturated heterocycles. The van der Waals surface area contributed by atoms with E-state index in [2.05, 4.69) is 15.4 Å². The third-order valence-corrected chi connectivity index (χ3v) is 11.5. The lowest BCUT2D eigenvalue weighted by Gasteiger charge is -2.26. The second-order valence-electron chi connectivity index (χ2n) is 13.6. The molecule has 0 aliphatic rings. The molecule has 0 heterocycles. The van der Waals surface area contributed by atoms with Gasteiger partial charge >= 0.3 is 0 Å². The Morgan fingerprint density at radius 2 is 1.49 bits per heavy atom. The van der Waals surface area contributed by atoms with Crippen molar-refractivity contribution in [2.75, 3.05) is 6.16 Å². The summed E-state index contributed by atoms with van der Waals surface area (Å²) in [5.74, 6) is -4.87. The Morgan fingerprint density at radius 3 is 2.04 bits per heavy atom. The number of benzene rings is 3. The summed E-state index contributed by atoms with van der Waals surface area (Å²) in [6.45, 7) is 9.53. The van der Waals surface area contributed by atoms with Gasteiger partial charge < -0.3 is 21.3 Å². The second kappa shape index (κ2) is 16.7. The number of nitrogens with one attached hydrogen (secondary N) is 3. The number of halogens is 1. The van der Waals surface area contributed by atoms with Crippen molar-refractivity contribution < 1.29 is 36.7 Å². The molecular formula is C35H46FN4O7PS. The van der Waals surface area contributed by atoms with E-state index < -0.39 is 65.0 Å². The summed E-state index contributed by atoms with van der Waals surface area (Å²) in [5, 5.41) is 4.98. The number of hydrogen-bond donors (Lipinski definition) is 5. The van der Waals surface area contributed by atoms with Gasteiger partial charge in [-0.25, -0.2) is 12.8 Å². The highest BCUT2D eigenvalue weighted by molar-refractivity contribution is 7.90. The van der Waals surface area contributed by atoms with Crippen molar-refractivity contribution in [2.45, 2.75) is 82.1 Å². The highest BCUT2D eigenvalue weighted by Gasteiger charge is 2.38. The second-order valence-corrected chi connectivity index (χ2v) is 17.7. The normalized spacial score (nSPS) is 15.1. The predicted molar refractivity (Wildman–Crippen MR) is 187 cm³/mol. The number of sulfonamides is 1. The topological polar surface area (TPSA) is 185 Å². The van der Waals surface area contributed by atoms with Crippen molar-refractivity contribution in [3.8, 4) is 0 Å². The summed E-state index contributed by atoms with van der Waals surface area (Å²) in [5.41, 5.74) is 7.14. The zero-order valence-electron chi connectivity index (χ0n) is 28.4. The molecule has 266 valence electrons. The van der Waals surface area contributed by atoms with E-state index in [0.29, 0.717) is 11.1 Å². The zero-order valence-corrected chi connectivity index (χ0v) is 30.1. The number of amides is 3. The maximum Gasteiger partial charge on any atom is 0.243 e. The number of primary amides is 1. The minimum absolute atomic E-state index is 0.101. The van der Waals surface area contributed by atoms with Gasteiger partial charge in [0.1, 0.15) is 29.8 Å². The zero-order chi connectivity index (χ0) is 36.6. The Bertz CT molecular complexity index is 1760. The fourth-order valence-electron chi connectivity index (χ4n) is 5.14. The first-order valence-electron chi connectivity index (χ1n) is 15.9. The number of rotatable bonds is 16. The molecule has 0 aromatic heterocycles. The van der Waals surface area contributed by atoms with Crippen LogP contribution in [0.1, 0.15) is 57.7 Å². The summed E-state index contributed by atoms with van der Waals surface area (Å²) in [4.78, 5) is 50.0. The van der Waals surface area contributed by atoms with Crippen molar-refractivity contribution in [1.29, 1.82) is 0 Å². The Kier molecular flexibility index (Phi) is 13.5. The van der Waals surface area contributed by atoms with Gasteiger partial charge in [-0.05, 0) is 65.1 Å². The number of carbonyl (C=O) groups excluding carboxylic acids is 3. The molecule has 11 nitrogen and oxygen atoms in total. The highest BCUT2D eigenvalue weighted by atomic mass is 32.2. The Balaban J connectivity index is 1.82. The van der Waals surface area contributed by atoms with E-state index in [9.17, 15) is 36.7 Å². The van der Waals surface area contributed by atoms with Crippen LogP contribution in [0.25, 0.3) is 0 Å². The average molecular weight is 717 g/mol. The molecule has 14 heteroatoms. The van der Waals surface area contributed by atoms with Crippen LogP contribution in [0, 0.1) is 11.7 Å². The fraction of sp³-hybridized carbons (Fsp3) is 0.400. The lowest BCUT2D eigenvalue weighted by Crippen LogP contribution is -2.54. The molecule has 3 aromatic carbocycles. The predicted octanol–water partition coefficient (Wildman–Crippen LogP) is 3.98. The molecule has 0 saturated carbocycles. The molecule has 49 heavy (non-hydrogen) atoms. The monoisotopic (exact) mass is 716 g/mol. The van der Waals surface area contributed by atoms with Crippen LogP contribution in [0.15, 0.2) is 83.8 Å². The largest absolute Gasteiger partial charge is 0.368 e. The van der Waals surface area contributed by atoms with Crippen LogP contribution in [0.4, 0.5) is 4.39 Å². The maximum atomic E-state index is 13.9. The van der Waals surface area contributed by atoms with Gasteiger partial charge in [-0.15, -0.1) is 0 Å². The number of nitrogens with two attached hydrogens (primary N) is 1. The molecule has 3 rings (SSSR count). The Morgan fingerprint density at radius 1 is 0.878 bits per heavy atom. The van der Waals surface area contributed by atoms with Gasteiger partial charge in [0.2, 0.25) is 35.1 Å². The van der Waals surface area contributed by atoms with E-state index >= 15 is 0 Å². The molecular weight excluding hydrogens is 670 g/mol. The van der Waals surface area contributed by atoms with Crippen LogP contribution < -0.4 is 21.1 Å². The van der Waals surface area contributed by atoms with E-state index in [1.165, 1.54) is 30.3 Å². The van der Waals surface area contributed by atoms with Crippen LogP contribution in [0.3, 0.4) is 0 Å². The van der Waals surface area contributed by atoms with E-state index in [-0.39, 0.29) is 35.5 Å². The van der Waals surface area contributed by atoms with Crippen molar-refractivity contribution >= 4 is 35.1 Å². The van der Waals surface area contributed by atoms with Gasteiger partial charge in [0.05, 0.1) is 4.90 Å². The molecule has 3 aromatic rings. The molecule has 0 aliphatic heterocycles. The first-order chi connectivity index (χ1) is 22.8. The van der Waals surface area contributed by atoms with Crippen LogP contribution in [0.2, 0.25) is 0 Å². The number of hydrogen-bond acceptors (Lipinski definition) is 6. The van der Waals surface area contributed by atoms with Gasteiger partial charge in [-0.1, -0.05) is 89.2 Å². The van der Waals surface area contributed by atoms with Crippen LogP contribution in [0.5, 0.6) is 0 Å². The summed E-state index contributed by atoms with van der Waals surface area (Å²) in [6, 6.07) is 17.7. The number of carbonyl (C=O) groups is 3. The first-order valence-corrected chi connectivity index (χ1v) is 19.3. The standard InChI is InChI=1S/C35H46FN4O7PS/c1-23(2)18-30(34(43)39-29(33(37)42)20-25-12-9-13-27(36)19-25)38-31(41)22-48(44,45)32(21-24-10-7-6-8-11-24)40-49(46,47)28-16-14-26(15-17-28)35(3,4)5/h6-17,19,23,29-30,32,40H,18,20-22H2,1-5H3,(H2,37,42)(H,38,41)(H,39,43)(H,44,45)/t29-,30-,32?/m0/s1. The van der Waals surface area contributed by atoms with E-state index in [0.717, 1.165) is 5.56 Å². The van der Waals surface area contributed by atoms with Gasteiger partial charge in [-0.3, -0.25) is 18.9 Å². The smallest absolute Gasteiger partial charge is 0.243 e. The molecule has 0 fully saturated rings. The summed E-state index contributed by atoms with van der Waals surface area (Å²) in [6.07, 6.45) is -1.20. The fourth-order valence-corrected chi connectivity index (χ4v) is 8.51. The lowest BCUT2D eigenvalue weighted by atomic mass is 9.87. The summed E-state index contributed by atoms with van der Waals surface area (Å²) < 4.78 is 56.9. The summed E-state index contributed by atoms with van der Waals surface area (Å²) >= 11 is 0. The van der Waals surface area contributed by atoms with Crippen LogP contribution in [-0.4, -0.2) is 55.1 Å². The average Bonchev–Trinajstić information content (AvgIpc) is 2.99. The third kappa shape index (κ3) is 12.2. The van der Waals surface area contributed by atoms with E-state index in [1.54, 1.807) is 62.4 Å². The molecule has 0 radical (unpaired) electrons. The molecule has 0 spiro atoms. The molecule has 0 aliphatic carbocycles. The molecule has 6 N–H and O–H groups in total. The minimum atomic E-state index is -4.64. The highest BCUT2D eigenvalue weighted by Crippen LogP contribution is 2.46. The van der Waals surface area contributed by atoms with E-state index in [4.69, 9.17) is 5.73 Å². The Labute approximate surface area is 287 Å². The van der Waals surface area contributed by atoms with Crippen LogP contribution in [-0.2, 0) is 47.2 Å². The van der Waals surface area contributed by atoms with Gasteiger partial charge in [0.15, 0.2) is 0 Å². The van der Waals surface area contributed by atoms with E-state index in [1.807, 2.05) is 20.8 Å². The van der Waals surface area contributed by atoms with Crippen molar-refractivity contribution in [3.05, 3.63) is 101 Å². The molecule has 2 unspecified atom stereocenters. The SMILES string of the molecule is CC(C)C[C@H](NC(=O)CP(=O)(O)C(Cc1ccccc1)NS(=O)(=O)c1ccc(C(C)(C)C)cc1)C(=O)N[C@@H](Cc1cccc(F)c1)C(N)=O. The van der Waals surface area contributed by atoms with Crippen molar-refractivity contribution in [3.63, 3.8) is 0 Å². The van der Waals surface area contributed by atoms with Crippen molar-refractivity contribution in [1.82, 2.24) is 15.4 Å². The maximum absolute atomic E-state index is 13.9. The molecule has 3 amide bonds. The van der Waals surface area contributed by atoms with Gasteiger partial charge in [0.25, 0.3) is 0 Å². The first kappa shape index (κ1) is 39.5. The molecule has 0 bridgehead atoms. The van der Waals surface area contributed by atoms with Gasteiger partial charge in [-0.2, -0.15) is 4.72 Å². The van der Waals surface area contributed by atoms with Gasteiger partial charge in [0, 0.05) is 6.42 Å².